The van der Waals surface area contributed by atoms with Gasteiger partial charge in [-0.15, -0.1) is 0 Å². The summed E-state index contributed by atoms with van der Waals surface area (Å²) in [6, 6.07) is 7.92. The van der Waals surface area contributed by atoms with Crippen molar-refractivity contribution in [2.45, 2.75) is 25.4 Å². The summed E-state index contributed by atoms with van der Waals surface area (Å²) in [4.78, 5) is 8.45. The molecule has 2 aromatic rings. The van der Waals surface area contributed by atoms with E-state index in [-0.39, 0.29) is 0 Å². The topological polar surface area (TPSA) is 35.0 Å². The van der Waals surface area contributed by atoms with Crippen molar-refractivity contribution in [1.82, 2.24) is 9.97 Å². The van der Waals surface area contributed by atoms with Crippen LogP contribution in [0.25, 0.3) is 0 Å². The predicted molar refractivity (Wildman–Crippen MR) is 93.4 cm³/mol. The van der Waals surface area contributed by atoms with Crippen LogP contribution in [0, 0.1) is 5.92 Å². The summed E-state index contributed by atoms with van der Waals surface area (Å²) in [7, 11) is 0. The molecule has 118 valence electrons. The summed E-state index contributed by atoms with van der Waals surface area (Å²) in [6.07, 6.45) is 2.48. The smallest absolute Gasteiger partial charge is 0.190 e. The lowest BCUT2D eigenvalue weighted by Crippen LogP contribution is -2.04. The van der Waals surface area contributed by atoms with Gasteiger partial charge in [-0.1, -0.05) is 60.9 Å². The Kier molecular flexibility index (Phi) is 6.36. The summed E-state index contributed by atoms with van der Waals surface area (Å²) >= 11 is 13.8. The van der Waals surface area contributed by atoms with Gasteiger partial charge in [0.15, 0.2) is 5.16 Å². The van der Waals surface area contributed by atoms with Crippen molar-refractivity contribution in [2.24, 2.45) is 5.92 Å². The predicted octanol–water partition coefficient (Wildman–Crippen LogP) is 5.13. The minimum atomic E-state index is 0.407. The van der Waals surface area contributed by atoms with Gasteiger partial charge in [0.1, 0.15) is 16.1 Å². The van der Waals surface area contributed by atoms with Gasteiger partial charge in [0, 0.05) is 12.0 Å². The SMILES string of the molecule is CSc1nc(Cl)c(Cc2ccc(OCC(C)C)cc2)c(Cl)n1. The third-order valence-corrected chi connectivity index (χ3v) is 4.13. The fourth-order valence-corrected chi connectivity index (χ4v) is 2.81. The van der Waals surface area contributed by atoms with Crippen molar-refractivity contribution < 1.29 is 4.74 Å². The van der Waals surface area contributed by atoms with Crippen molar-refractivity contribution in [3.63, 3.8) is 0 Å². The number of benzene rings is 1. The van der Waals surface area contributed by atoms with Crippen LogP contribution in [0.4, 0.5) is 0 Å². The first kappa shape index (κ1) is 17.4. The third kappa shape index (κ3) is 4.77. The number of aromatic nitrogens is 2. The maximum atomic E-state index is 6.21. The Hall–Kier alpha value is -0.970. The molecule has 1 aromatic heterocycles. The van der Waals surface area contributed by atoms with E-state index < -0.39 is 0 Å². The lowest BCUT2D eigenvalue weighted by molar-refractivity contribution is 0.271. The average Bonchev–Trinajstić information content (AvgIpc) is 2.49. The first-order chi connectivity index (χ1) is 10.5. The largest absolute Gasteiger partial charge is 0.493 e. The molecule has 22 heavy (non-hydrogen) atoms. The van der Waals surface area contributed by atoms with Gasteiger partial charge in [0.05, 0.1) is 6.61 Å². The van der Waals surface area contributed by atoms with Crippen LogP contribution >= 0.6 is 35.0 Å². The van der Waals surface area contributed by atoms with E-state index in [0.29, 0.717) is 34.4 Å². The molecule has 6 heteroatoms. The molecular formula is C16H18Cl2N2OS. The second-order valence-electron chi connectivity index (χ2n) is 5.30. The Labute approximate surface area is 145 Å². The molecule has 0 atom stereocenters. The Balaban J connectivity index is 2.11. The quantitative estimate of drug-likeness (QED) is 0.408. The van der Waals surface area contributed by atoms with Crippen molar-refractivity contribution in [2.75, 3.05) is 12.9 Å². The summed E-state index contributed by atoms with van der Waals surface area (Å²) in [5.41, 5.74) is 1.83. The number of hydrogen-bond acceptors (Lipinski definition) is 4. The summed E-state index contributed by atoms with van der Waals surface area (Å²) in [6.45, 7) is 4.95. The maximum absolute atomic E-state index is 6.21. The van der Waals surface area contributed by atoms with E-state index in [1.54, 1.807) is 0 Å². The van der Waals surface area contributed by atoms with Crippen molar-refractivity contribution >= 4 is 35.0 Å². The van der Waals surface area contributed by atoms with Gasteiger partial charge in [-0.05, 0) is 29.9 Å². The molecule has 0 aliphatic heterocycles. The molecule has 0 fully saturated rings. The Morgan fingerprint density at radius 3 is 2.18 bits per heavy atom. The standard InChI is InChI=1S/C16H18Cl2N2OS/c1-10(2)9-21-12-6-4-11(5-7-12)8-13-14(17)19-16(22-3)20-15(13)18/h4-7,10H,8-9H2,1-3H3. The molecule has 0 saturated heterocycles. The van der Waals surface area contributed by atoms with E-state index >= 15 is 0 Å². The molecule has 1 aromatic carbocycles. The molecule has 0 N–H and O–H groups in total. The monoisotopic (exact) mass is 356 g/mol. The van der Waals surface area contributed by atoms with Crippen LogP contribution in [0.3, 0.4) is 0 Å². The summed E-state index contributed by atoms with van der Waals surface area (Å²) in [5.74, 6) is 1.37. The number of thioether (sulfide) groups is 1. The van der Waals surface area contributed by atoms with E-state index in [0.717, 1.165) is 16.9 Å². The van der Waals surface area contributed by atoms with E-state index in [4.69, 9.17) is 27.9 Å². The maximum Gasteiger partial charge on any atom is 0.190 e. The van der Waals surface area contributed by atoms with Crippen LogP contribution in [0.1, 0.15) is 25.0 Å². The fourth-order valence-electron chi connectivity index (χ4n) is 1.82. The van der Waals surface area contributed by atoms with Crippen LogP contribution < -0.4 is 4.74 Å². The van der Waals surface area contributed by atoms with Crippen LogP contribution in [-0.2, 0) is 6.42 Å². The van der Waals surface area contributed by atoms with Crippen molar-refractivity contribution in [3.8, 4) is 5.75 Å². The Morgan fingerprint density at radius 1 is 1.09 bits per heavy atom. The van der Waals surface area contributed by atoms with Crippen LogP contribution in [0.5, 0.6) is 5.75 Å². The van der Waals surface area contributed by atoms with Crippen molar-refractivity contribution in [3.05, 3.63) is 45.7 Å². The molecule has 0 radical (unpaired) electrons. The Bertz CT molecular complexity index is 610. The number of halogens is 2. The normalized spacial score (nSPS) is 11.0. The van der Waals surface area contributed by atoms with Gasteiger partial charge < -0.3 is 4.74 Å². The minimum absolute atomic E-state index is 0.407. The second kappa shape index (κ2) is 8.04. The zero-order chi connectivity index (χ0) is 16.1. The first-order valence-corrected chi connectivity index (χ1v) is 8.95. The molecule has 1 heterocycles. The molecular weight excluding hydrogens is 339 g/mol. The molecule has 2 rings (SSSR count). The van der Waals surface area contributed by atoms with Crippen LogP contribution in [0.2, 0.25) is 10.3 Å². The van der Waals surface area contributed by atoms with Gasteiger partial charge in [-0.25, -0.2) is 9.97 Å². The molecule has 0 aliphatic rings. The highest BCUT2D eigenvalue weighted by atomic mass is 35.5. The molecule has 3 nitrogen and oxygen atoms in total. The van der Waals surface area contributed by atoms with Gasteiger partial charge in [0.2, 0.25) is 0 Å². The van der Waals surface area contributed by atoms with E-state index in [9.17, 15) is 0 Å². The minimum Gasteiger partial charge on any atom is -0.493 e. The Morgan fingerprint density at radius 2 is 1.68 bits per heavy atom. The lowest BCUT2D eigenvalue weighted by atomic mass is 10.1. The van der Waals surface area contributed by atoms with E-state index in [2.05, 4.69) is 23.8 Å². The number of ether oxygens (including phenoxy) is 1. The van der Waals surface area contributed by atoms with Gasteiger partial charge >= 0.3 is 0 Å². The third-order valence-electron chi connectivity index (χ3n) is 2.96. The van der Waals surface area contributed by atoms with Crippen molar-refractivity contribution in [1.29, 1.82) is 0 Å². The molecule has 0 aliphatic carbocycles. The fraction of sp³-hybridized carbons (Fsp3) is 0.375. The zero-order valence-electron chi connectivity index (χ0n) is 12.8. The lowest BCUT2D eigenvalue weighted by Gasteiger charge is -2.10. The molecule has 0 saturated carbocycles. The summed E-state index contributed by atoms with van der Waals surface area (Å²) in [5, 5.41) is 1.39. The highest BCUT2D eigenvalue weighted by Gasteiger charge is 2.12. The summed E-state index contributed by atoms with van der Waals surface area (Å²) < 4.78 is 5.67. The highest BCUT2D eigenvalue weighted by molar-refractivity contribution is 7.98. The molecule has 0 unspecified atom stereocenters. The zero-order valence-corrected chi connectivity index (χ0v) is 15.1. The van der Waals surface area contributed by atoms with Gasteiger partial charge in [0.25, 0.3) is 0 Å². The number of hydrogen-bond donors (Lipinski definition) is 0. The average molecular weight is 357 g/mol. The number of rotatable bonds is 6. The first-order valence-electron chi connectivity index (χ1n) is 6.97. The molecule has 0 amide bonds. The van der Waals surface area contributed by atoms with Crippen LogP contribution in [0.15, 0.2) is 29.4 Å². The molecule has 0 bridgehead atoms. The highest BCUT2D eigenvalue weighted by Crippen LogP contribution is 2.27. The van der Waals surface area contributed by atoms with Crippen LogP contribution in [-0.4, -0.2) is 22.8 Å². The molecule has 0 spiro atoms. The number of nitrogens with zero attached hydrogens (tertiary/aromatic N) is 2. The van der Waals surface area contributed by atoms with E-state index in [1.165, 1.54) is 11.8 Å². The van der Waals surface area contributed by atoms with E-state index in [1.807, 2.05) is 30.5 Å². The van der Waals surface area contributed by atoms with Gasteiger partial charge in [-0.3, -0.25) is 0 Å². The van der Waals surface area contributed by atoms with Gasteiger partial charge in [-0.2, -0.15) is 0 Å². The second-order valence-corrected chi connectivity index (χ2v) is 6.79.